The predicted molar refractivity (Wildman–Crippen MR) is 289 cm³/mol. The van der Waals surface area contributed by atoms with Gasteiger partial charge in [0.15, 0.2) is 12.2 Å². The van der Waals surface area contributed by atoms with Crippen molar-refractivity contribution in [1.29, 1.82) is 0 Å². The van der Waals surface area contributed by atoms with Gasteiger partial charge in [-0.3, -0.25) is 37.3 Å². The van der Waals surface area contributed by atoms with Gasteiger partial charge in [0.05, 0.1) is 26.4 Å². The van der Waals surface area contributed by atoms with E-state index in [2.05, 4.69) is 41.5 Å². The molecule has 17 nitrogen and oxygen atoms in total. The Morgan fingerprint density at radius 2 is 0.622 bits per heavy atom. The van der Waals surface area contributed by atoms with Crippen LogP contribution in [0.25, 0.3) is 0 Å². The highest BCUT2D eigenvalue weighted by atomic mass is 31.2. The fourth-order valence-corrected chi connectivity index (χ4v) is 9.52. The molecular weight excluding hydrogens is 995 g/mol. The molecule has 0 aliphatic heterocycles. The number of esters is 4. The fourth-order valence-electron chi connectivity index (χ4n) is 7.94. The third-order valence-electron chi connectivity index (χ3n) is 12.5. The van der Waals surface area contributed by atoms with Crippen molar-refractivity contribution >= 4 is 39.5 Å². The zero-order valence-electron chi connectivity index (χ0n) is 47.1. The average molecular weight is 1100 g/mol. The lowest BCUT2D eigenvalue weighted by Gasteiger charge is -2.21. The minimum atomic E-state index is -4.93. The van der Waals surface area contributed by atoms with Crippen molar-refractivity contribution in [1.82, 2.24) is 0 Å². The molecule has 0 amide bonds. The average Bonchev–Trinajstić information content (AvgIpc) is 3.35. The van der Waals surface area contributed by atoms with Crippen LogP contribution in [0.3, 0.4) is 0 Å². The highest BCUT2D eigenvalue weighted by Crippen LogP contribution is 2.45. The molecule has 0 aromatic rings. The van der Waals surface area contributed by atoms with Gasteiger partial charge >= 0.3 is 39.5 Å². The summed E-state index contributed by atoms with van der Waals surface area (Å²) in [5.74, 6) is -0.783. The van der Waals surface area contributed by atoms with Gasteiger partial charge in [-0.25, -0.2) is 9.13 Å². The van der Waals surface area contributed by atoms with Crippen LogP contribution in [0.15, 0.2) is 0 Å². The van der Waals surface area contributed by atoms with Crippen LogP contribution < -0.4 is 0 Å². The lowest BCUT2D eigenvalue weighted by Crippen LogP contribution is -2.30. The van der Waals surface area contributed by atoms with E-state index in [0.717, 1.165) is 116 Å². The van der Waals surface area contributed by atoms with E-state index in [9.17, 15) is 43.2 Å². The number of rotatable bonds is 54. The first-order valence-electron chi connectivity index (χ1n) is 29.0. The molecule has 5 atom stereocenters. The van der Waals surface area contributed by atoms with Crippen molar-refractivity contribution < 1.29 is 80.2 Å². The Hall–Kier alpha value is -1.94. The molecule has 0 saturated carbocycles. The number of aliphatic hydroxyl groups excluding tert-OH is 1. The number of phosphoric ester groups is 2. The van der Waals surface area contributed by atoms with E-state index in [1.165, 1.54) is 51.4 Å². The van der Waals surface area contributed by atoms with Gasteiger partial charge in [-0.15, -0.1) is 0 Å². The SMILES string of the molecule is CCCCCCCCCCC(=O)O[C@H](COC(=O)CCCCCCCCC)COP(=O)(O)OC[C@H](O)COP(=O)(O)OC[C@@H](COC(=O)CCCCCCCCC(C)C)OC(=O)CCCCCCCCCC(C)C. The van der Waals surface area contributed by atoms with E-state index in [1.54, 1.807) is 0 Å². The second kappa shape index (κ2) is 48.2. The van der Waals surface area contributed by atoms with Gasteiger partial charge in [0.1, 0.15) is 19.3 Å². The Morgan fingerprint density at radius 1 is 0.365 bits per heavy atom. The topological polar surface area (TPSA) is 237 Å². The number of carbonyl (C=O) groups is 4. The van der Waals surface area contributed by atoms with E-state index in [0.29, 0.717) is 37.5 Å². The first-order chi connectivity index (χ1) is 35.4. The quantitative estimate of drug-likeness (QED) is 0.0222. The van der Waals surface area contributed by atoms with E-state index >= 15 is 0 Å². The van der Waals surface area contributed by atoms with Crippen LogP contribution in [0.5, 0.6) is 0 Å². The van der Waals surface area contributed by atoms with Crippen molar-refractivity contribution in [2.24, 2.45) is 11.8 Å². The number of unbranched alkanes of at least 4 members (excludes halogenated alkanes) is 24. The lowest BCUT2D eigenvalue weighted by molar-refractivity contribution is -0.161. The maximum atomic E-state index is 12.9. The molecule has 0 bridgehead atoms. The van der Waals surface area contributed by atoms with Gasteiger partial charge in [-0.05, 0) is 37.5 Å². The summed E-state index contributed by atoms with van der Waals surface area (Å²) in [6.45, 7) is 9.20. The third-order valence-corrected chi connectivity index (χ3v) is 14.4. The van der Waals surface area contributed by atoms with Crippen LogP contribution >= 0.6 is 15.6 Å². The summed E-state index contributed by atoms with van der Waals surface area (Å²) in [6, 6.07) is 0. The molecule has 74 heavy (non-hydrogen) atoms. The first-order valence-corrected chi connectivity index (χ1v) is 32.0. The number of hydrogen-bond acceptors (Lipinski definition) is 15. The monoisotopic (exact) mass is 1100 g/mol. The summed E-state index contributed by atoms with van der Waals surface area (Å²) in [7, 11) is -9.86. The van der Waals surface area contributed by atoms with Crippen molar-refractivity contribution in [3.8, 4) is 0 Å². The Labute approximate surface area is 447 Å². The van der Waals surface area contributed by atoms with Crippen molar-refractivity contribution in [2.45, 2.75) is 278 Å². The maximum absolute atomic E-state index is 12.9. The maximum Gasteiger partial charge on any atom is 0.472 e. The Balaban J connectivity index is 5.21. The Bertz CT molecular complexity index is 1480. The highest BCUT2D eigenvalue weighted by Gasteiger charge is 2.30. The molecule has 0 spiro atoms. The zero-order chi connectivity index (χ0) is 55.1. The molecule has 0 saturated heterocycles. The van der Waals surface area contributed by atoms with Gasteiger partial charge in [-0.1, -0.05) is 208 Å². The molecule has 0 fully saturated rings. The van der Waals surface area contributed by atoms with E-state index in [1.807, 2.05) is 0 Å². The van der Waals surface area contributed by atoms with Gasteiger partial charge in [-0.2, -0.15) is 0 Å². The molecule has 0 aromatic carbocycles. The summed E-state index contributed by atoms with van der Waals surface area (Å²) >= 11 is 0. The number of ether oxygens (including phenoxy) is 4. The van der Waals surface area contributed by atoms with Crippen LogP contribution in [-0.2, 0) is 65.4 Å². The van der Waals surface area contributed by atoms with Crippen LogP contribution in [0.2, 0.25) is 0 Å². The summed E-state index contributed by atoms with van der Waals surface area (Å²) in [4.78, 5) is 71.5. The Kier molecular flexibility index (Phi) is 46.9. The smallest absolute Gasteiger partial charge is 0.462 e. The van der Waals surface area contributed by atoms with Crippen molar-refractivity contribution in [3.05, 3.63) is 0 Å². The van der Waals surface area contributed by atoms with Crippen molar-refractivity contribution in [3.63, 3.8) is 0 Å². The van der Waals surface area contributed by atoms with Gasteiger partial charge in [0.2, 0.25) is 0 Å². The van der Waals surface area contributed by atoms with Crippen LogP contribution in [0.4, 0.5) is 0 Å². The highest BCUT2D eigenvalue weighted by molar-refractivity contribution is 7.47. The minimum Gasteiger partial charge on any atom is -0.462 e. The summed E-state index contributed by atoms with van der Waals surface area (Å²) in [5.41, 5.74) is 0. The summed E-state index contributed by atoms with van der Waals surface area (Å²) in [6.07, 6.45) is 27.0. The Morgan fingerprint density at radius 3 is 0.919 bits per heavy atom. The molecule has 2 unspecified atom stereocenters. The lowest BCUT2D eigenvalue weighted by atomic mass is 10.0. The molecular formula is C55H106O17P2. The van der Waals surface area contributed by atoms with Crippen molar-refractivity contribution in [2.75, 3.05) is 39.6 Å². The molecule has 0 radical (unpaired) electrons. The summed E-state index contributed by atoms with van der Waals surface area (Å²) in [5, 5.41) is 10.5. The van der Waals surface area contributed by atoms with E-state index in [4.69, 9.17) is 37.0 Å². The second-order valence-corrected chi connectivity index (χ2v) is 23.8. The molecule has 0 aliphatic rings. The largest absolute Gasteiger partial charge is 0.472 e. The zero-order valence-corrected chi connectivity index (χ0v) is 48.9. The first kappa shape index (κ1) is 72.1. The molecule has 438 valence electrons. The molecule has 0 aromatic heterocycles. The molecule has 0 heterocycles. The van der Waals surface area contributed by atoms with Gasteiger partial charge in [0.25, 0.3) is 0 Å². The number of aliphatic hydroxyl groups is 1. The standard InChI is InChI=1S/C55H106O17P2/c1-7-9-11-13-15-19-27-33-39-54(59)71-50(43-65-52(57)37-31-25-17-14-12-10-8-2)45-69-73(61,62)67-41-49(56)42-68-74(63,64)70-46-51(44-66-53(58)38-32-26-22-21-24-30-36-48(5)6)72-55(60)40-34-28-20-16-18-23-29-35-47(3)4/h47-51,56H,7-46H2,1-6H3,(H,61,62)(H,63,64)/t49-,50+,51+/m0/s1. The number of carbonyl (C=O) groups excluding carboxylic acids is 4. The van der Waals surface area contributed by atoms with E-state index in [-0.39, 0.29) is 25.7 Å². The minimum absolute atomic E-state index is 0.102. The van der Waals surface area contributed by atoms with Crippen LogP contribution in [0, 0.1) is 11.8 Å². The normalized spacial score (nSPS) is 14.6. The van der Waals surface area contributed by atoms with Crippen LogP contribution in [0.1, 0.15) is 260 Å². The summed E-state index contributed by atoms with van der Waals surface area (Å²) < 4.78 is 67.4. The second-order valence-electron chi connectivity index (χ2n) is 20.9. The molecule has 0 aliphatic carbocycles. The molecule has 19 heteroatoms. The van der Waals surface area contributed by atoms with Gasteiger partial charge < -0.3 is 33.8 Å². The molecule has 3 N–H and O–H groups in total. The predicted octanol–water partition coefficient (Wildman–Crippen LogP) is 14.1. The molecule has 0 rings (SSSR count). The fraction of sp³-hybridized carbons (Fsp3) is 0.927. The number of hydrogen-bond donors (Lipinski definition) is 3. The third kappa shape index (κ3) is 49.6. The van der Waals surface area contributed by atoms with Gasteiger partial charge in [0, 0.05) is 25.7 Å². The van der Waals surface area contributed by atoms with Crippen LogP contribution in [-0.4, -0.2) is 96.7 Å². The van der Waals surface area contributed by atoms with E-state index < -0.39 is 97.5 Å². The number of phosphoric acid groups is 2.